The van der Waals surface area contributed by atoms with Gasteiger partial charge < -0.3 is 24.0 Å². The zero-order valence-corrected chi connectivity index (χ0v) is 15.6. The molecule has 0 bridgehead atoms. The SMILES string of the molecule is CC(C)(C)OC(=O)N1CCOc2c(cccc2C(=O)N2CCOCC2)C1. The molecule has 0 saturated carbocycles. The van der Waals surface area contributed by atoms with Gasteiger partial charge in [-0.25, -0.2) is 4.79 Å². The van der Waals surface area contributed by atoms with Crippen LogP contribution in [0.2, 0.25) is 0 Å². The lowest BCUT2D eigenvalue weighted by atomic mass is 10.1. The van der Waals surface area contributed by atoms with Crippen molar-refractivity contribution in [3.8, 4) is 5.75 Å². The molecular weight excluding hydrogens is 336 g/mol. The molecule has 2 aliphatic heterocycles. The number of hydrogen-bond acceptors (Lipinski definition) is 5. The number of nitrogens with zero attached hydrogens (tertiary/aromatic N) is 2. The fourth-order valence-corrected chi connectivity index (χ4v) is 3.01. The predicted octanol–water partition coefficient (Wildman–Crippen LogP) is 2.29. The van der Waals surface area contributed by atoms with Crippen molar-refractivity contribution in [2.24, 2.45) is 0 Å². The molecule has 1 saturated heterocycles. The van der Waals surface area contributed by atoms with Gasteiger partial charge in [0, 0.05) is 18.7 Å². The van der Waals surface area contributed by atoms with Crippen molar-refractivity contribution >= 4 is 12.0 Å². The van der Waals surface area contributed by atoms with E-state index < -0.39 is 5.60 Å². The van der Waals surface area contributed by atoms with E-state index in [1.54, 1.807) is 15.9 Å². The molecule has 0 aliphatic carbocycles. The standard InChI is InChI=1S/C19H26N2O5/c1-19(2,3)26-18(23)21-9-12-25-16-14(13-21)5-4-6-15(16)17(22)20-7-10-24-11-8-20/h4-6H,7-13H2,1-3H3. The monoisotopic (exact) mass is 362 g/mol. The molecule has 26 heavy (non-hydrogen) atoms. The first-order valence-corrected chi connectivity index (χ1v) is 8.95. The third kappa shape index (κ3) is 4.27. The lowest BCUT2D eigenvalue weighted by Crippen LogP contribution is -2.40. The molecule has 0 spiro atoms. The molecular formula is C19H26N2O5. The van der Waals surface area contributed by atoms with E-state index in [0.29, 0.717) is 57.3 Å². The molecule has 1 aromatic rings. The summed E-state index contributed by atoms with van der Waals surface area (Å²) >= 11 is 0. The molecule has 0 radical (unpaired) electrons. The molecule has 0 unspecified atom stereocenters. The number of morpholine rings is 1. The van der Waals surface area contributed by atoms with Crippen LogP contribution in [-0.2, 0) is 16.0 Å². The summed E-state index contributed by atoms with van der Waals surface area (Å²) in [5.41, 5.74) is 0.796. The largest absolute Gasteiger partial charge is 0.491 e. The molecule has 1 fully saturated rings. The quantitative estimate of drug-likeness (QED) is 0.767. The summed E-state index contributed by atoms with van der Waals surface area (Å²) in [6.45, 7) is 8.86. The molecule has 2 heterocycles. The van der Waals surface area contributed by atoms with E-state index in [4.69, 9.17) is 14.2 Å². The van der Waals surface area contributed by atoms with Crippen molar-refractivity contribution in [3.63, 3.8) is 0 Å². The Morgan fingerprint density at radius 2 is 1.73 bits per heavy atom. The second-order valence-corrected chi connectivity index (χ2v) is 7.45. The summed E-state index contributed by atoms with van der Waals surface area (Å²) in [7, 11) is 0. The molecule has 7 nitrogen and oxygen atoms in total. The molecule has 0 N–H and O–H groups in total. The molecule has 2 aliphatic rings. The Balaban J connectivity index is 1.80. The highest BCUT2D eigenvalue weighted by Crippen LogP contribution is 2.29. The van der Waals surface area contributed by atoms with Crippen LogP contribution < -0.4 is 4.74 Å². The highest BCUT2D eigenvalue weighted by molar-refractivity contribution is 5.97. The third-order valence-electron chi connectivity index (χ3n) is 4.25. The molecule has 142 valence electrons. The van der Waals surface area contributed by atoms with Gasteiger partial charge >= 0.3 is 6.09 Å². The van der Waals surface area contributed by atoms with E-state index in [-0.39, 0.29) is 12.0 Å². The number of carbonyl (C=O) groups is 2. The van der Waals surface area contributed by atoms with Crippen LogP contribution in [0.5, 0.6) is 5.75 Å². The summed E-state index contributed by atoms with van der Waals surface area (Å²) < 4.78 is 16.7. The van der Waals surface area contributed by atoms with E-state index >= 15 is 0 Å². The second-order valence-electron chi connectivity index (χ2n) is 7.45. The van der Waals surface area contributed by atoms with Crippen LogP contribution in [0.15, 0.2) is 18.2 Å². The van der Waals surface area contributed by atoms with Crippen LogP contribution in [0.3, 0.4) is 0 Å². The first-order valence-electron chi connectivity index (χ1n) is 8.95. The van der Waals surface area contributed by atoms with Crippen LogP contribution in [0.25, 0.3) is 0 Å². The highest BCUT2D eigenvalue weighted by atomic mass is 16.6. The summed E-state index contributed by atoms with van der Waals surface area (Å²) in [4.78, 5) is 28.7. The van der Waals surface area contributed by atoms with Crippen molar-refractivity contribution in [2.75, 3.05) is 39.5 Å². The average molecular weight is 362 g/mol. The summed E-state index contributed by atoms with van der Waals surface area (Å²) in [6.07, 6.45) is -0.376. The van der Waals surface area contributed by atoms with Crippen LogP contribution in [0, 0.1) is 0 Å². The number of rotatable bonds is 1. The fourth-order valence-electron chi connectivity index (χ4n) is 3.01. The van der Waals surface area contributed by atoms with Gasteiger partial charge in [-0.15, -0.1) is 0 Å². The van der Waals surface area contributed by atoms with Gasteiger partial charge in [0.25, 0.3) is 5.91 Å². The zero-order chi connectivity index (χ0) is 18.7. The Morgan fingerprint density at radius 1 is 1.04 bits per heavy atom. The van der Waals surface area contributed by atoms with Crippen molar-refractivity contribution in [1.29, 1.82) is 0 Å². The lowest BCUT2D eigenvalue weighted by Gasteiger charge is -2.27. The number of hydrogen-bond donors (Lipinski definition) is 0. The van der Waals surface area contributed by atoms with Crippen LogP contribution >= 0.6 is 0 Å². The Hall–Kier alpha value is -2.28. The topological polar surface area (TPSA) is 68.3 Å². The van der Waals surface area contributed by atoms with Crippen LogP contribution in [-0.4, -0.2) is 66.9 Å². The summed E-state index contributed by atoms with van der Waals surface area (Å²) in [5, 5.41) is 0. The number of fused-ring (bicyclic) bond motifs is 1. The van der Waals surface area contributed by atoms with Gasteiger partial charge in [-0.2, -0.15) is 0 Å². The van der Waals surface area contributed by atoms with Crippen molar-refractivity contribution in [1.82, 2.24) is 9.80 Å². The van der Waals surface area contributed by atoms with Gasteiger partial charge in [0.1, 0.15) is 18.0 Å². The number of benzene rings is 1. The molecule has 3 rings (SSSR count). The van der Waals surface area contributed by atoms with Gasteiger partial charge in [-0.3, -0.25) is 4.79 Å². The lowest BCUT2D eigenvalue weighted by molar-refractivity contribution is 0.0224. The number of ether oxygens (including phenoxy) is 3. The first kappa shape index (κ1) is 18.5. The molecule has 0 atom stereocenters. The van der Waals surface area contributed by atoms with E-state index in [2.05, 4.69) is 0 Å². The normalized spacial score (nSPS) is 17.8. The van der Waals surface area contributed by atoms with Gasteiger partial charge in [0.05, 0.1) is 31.9 Å². The minimum Gasteiger partial charge on any atom is -0.491 e. The van der Waals surface area contributed by atoms with Gasteiger partial charge in [-0.05, 0) is 26.8 Å². The summed E-state index contributed by atoms with van der Waals surface area (Å²) in [5.74, 6) is 0.505. The molecule has 1 aromatic carbocycles. The Kier molecular flexibility index (Phi) is 5.36. The highest BCUT2D eigenvalue weighted by Gasteiger charge is 2.28. The van der Waals surface area contributed by atoms with Crippen molar-refractivity contribution < 1.29 is 23.8 Å². The summed E-state index contributed by atoms with van der Waals surface area (Å²) in [6, 6.07) is 5.49. The Bertz CT molecular complexity index is 677. The Morgan fingerprint density at radius 3 is 2.42 bits per heavy atom. The maximum Gasteiger partial charge on any atom is 0.410 e. The minimum atomic E-state index is -0.554. The van der Waals surface area contributed by atoms with Gasteiger partial charge in [0.2, 0.25) is 0 Å². The Labute approximate surface area is 153 Å². The second kappa shape index (κ2) is 7.53. The predicted molar refractivity (Wildman–Crippen MR) is 95.3 cm³/mol. The van der Waals surface area contributed by atoms with Gasteiger partial charge in [-0.1, -0.05) is 12.1 Å². The number of carbonyl (C=O) groups excluding carboxylic acids is 2. The van der Waals surface area contributed by atoms with E-state index in [9.17, 15) is 9.59 Å². The van der Waals surface area contributed by atoms with Crippen molar-refractivity contribution in [3.05, 3.63) is 29.3 Å². The first-order chi connectivity index (χ1) is 12.3. The zero-order valence-electron chi connectivity index (χ0n) is 15.6. The average Bonchev–Trinajstić information content (AvgIpc) is 2.83. The van der Waals surface area contributed by atoms with Crippen molar-refractivity contribution in [2.45, 2.75) is 32.9 Å². The number of amides is 2. The maximum absolute atomic E-state index is 12.9. The minimum absolute atomic E-state index is 0.0594. The third-order valence-corrected chi connectivity index (χ3v) is 4.25. The molecule has 2 amide bonds. The van der Waals surface area contributed by atoms with Gasteiger partial charge in [0.15, 0.2) is 0 Å². The fraction of sp³-hybridized carbons (Fsp3) is 0.579. The molecule has 0 aromatic heterocycles. The number of para-hydroxylation sites is 1. The van der Waals surface area contributed by atoms with E-state index in [1.165, 1.54) is 0 Å². The maximum atomic E-state index is 12.9. The smallest absolute Gasteiger partial charge is 0.410 e. The van der Waals surface area contributed by atoms with Crippen LogP contribution in [0.4, 0.5) is 4.79 Å². The van der Waals surface area contributed by atoms with Crippen LogP contribution in [0.1, 0.15) is 36.7 Å². The molecule has 7 heteroatoms. The van der Waals surface area contributed by atoms with E-state index in [0.717, 1.165) is 5.56 Å². The van der Waals surface area contributed by atoms with E-state index in [1.807, 2.05) is 32.9 Å².